The minimum absolute atomic E-state index is 0.439. The zero-order chi connectivity index (χ0) is 11.6. The minimum atomic E-state index is 0.439. The molecule has 88 valence electrons. The highest BCUT2D eigenvalue weighted by Crippen LogP contribution is 2.30. The fourth-order valence-corrected chi connectivity index (χ4v) is 2.43. The monoisotopic (exact) mass is 217 g/mol. The first-order valence-corrected chi connectivity index (χ1v) is 6.37. The molecule has 1 unspecified atom stereocenters. The lowest BCUT2D eigenvalue weighted by atomic mass is 9.84. The van der Waals surface area contributed by atoms with Gasteiger partial charge < -0.3 is 5.32 Å². The lowest BCUT2D eigenvalue weighted by molar-refractivity contribution is 0.327. The van der Waals surface area contributed by atoms with Gasteiger partial charge in [-0.05, 0) is 42.3 Å². The summed E-state index contributed by atoms with van der Waals surface area (Å²) in [5.41, 5.74) is 3.51. The van der Waals surface area contributed by atoms with Gasteiger partial charge in [-0.25, -0.2) is 0 Å². The smallest absolute Gasteiger partial charge is 0.0323 e. The first-order valence-electron chi connectivity index (χ1n) is 6.37. The van der Waals surface area contributed by atoms with Gasteiger partial charge >= 0.3 is 0 Å². The summed E-state index contributed by atoms with van der Waals surface area (Å²) >= 11 is 0. The van der Waals surface area contributed by atoms with Gasteiger partial charge in [0, 0.05) is 6.04 Å². The van der Waals surface area contributed by atoms with Crippen LogP contribution in [0.25, 0.3) is 0 Å². The van der Waals surface area contributed by atoms with Gasteiger partial charge in [0.25, 0.3) is 0 Å². The second-order valence-corrected chi connectivity index (χ2v) is 6.05. The maximum atomic E-state index is 3.65. The quantitative estimate of drug-likeness (QED) is 0.796. The van der Waals surface area contributed by atoms with Crippen molar-refractivity contribution >= 4 is 0 Å². The SMILES string of the molecule is CC(C)(C)CCC1NCCc2ccccc21. The van der Waals surface area contributed by atoms with Crippen molar-refractivity contribution in [1.82, 2.24) is 5.32 Å². The van der Waals surface area contributed by atoms with E-state index in [0.717, 1.165) is 6.54 Å². The largest absolute Gasteiger partial charge is 0.310 e. The summed E-state index contributed by atoms with van der Waals surface area (Å²) in [6, 6.07) is 9.46. The van der Waals surface area contributed by atoms with Crippen molar-refractivity contribution in [2.45, 2.75) is 46.1 Å². The van der Waals surface area contributed by atoms with Crippen molar-refractivity contribution in [3.8, 4) is 0 Å². The Morgan fingerprint density at radius 2 is 2.00 bits per heavy atom. The summed E-state index contributed by atoms with van der Waals surface area (Å²) in [5, 5.41) is 3.65. The Morgan fingerprint density at radius 3 is 2.75 bits per heavy atom. The van der Waals surface area contributed by atoms with Crippen LogP contribution in [0.5, 0.6) is 0 Å². The number of rotatable bonds is 2. The van der Waals surface area contributed by atoms with Gasteiger partial charge in [-0.15, -0.1) is 0 Å². The van der Waals surface area contributed by atoms with Gasteiger partial charge in [0.2, 0.25) is 0 Å². The van der Waals surface area contributed by atoms with Gasteiger partial charge in [0.05, 0.1) is 0 Å². The fraction of sp³-hybridized carbons (Fsp3) is 0.600. The standard InChI is InChI=1S/C15H23N/c1-15(2,3)10-8-14-13-7-5-4-6-12(13)9-11-16-14/h4-7,14,16H,8-11H2,1-3H3. The summed E-state index contributed by atoms with van der Waals surface area (Å²) in [5.74, 6) is 0. The van der Waals surface area contributed by atoms with Gasteiger partial charge in [0.15, 0.2) is 0 Å². The van der Waals surface area contributed by atoms with Gasteiger partial charge in [0.1, 0.15) is 0 Å². The van der Waals surface area contributed by atoms with E-state index in [-0.39, 0.29) is 0 Å². The van der Waals surface area contributed by atoms with Crippen LogP contribution in [0.3, 0.4) is 0 Å². The molecule has 0 amide bonds. The Labute approximate surface area is 99.3 Å². The van der Waals surface area contributed by atoms with Crippen LogP contribution < -0.4 is 5.32 Å². The van der Waals surface area contributed by atoms with Crippen molar-refractivity contribution in [2.75, 3.05) is 6.54 Å². The second-order valence-electron chi connectivity index (χ2n) is 6.05. The van der Waals surface area contributed by atoms with Gasteiger partial charge in [-0.1, -0.05) is 45.0 Å². The molecule has 1 aromatic carbocycles. The molecule has 0 bridgehead atoms. The molecule has 1 aromatic rings. The predicted octanol–water partition coefficient (Wildman–Crippen LogP) is 3.70. The van der Waals surface area contributed by atoms with E-state index in [0.29, 0.717) is 11.5 Å². The van der Waals surface area contributed by atoms with E-state index in [4.69, 9.17) is 0 Å². The van der Waals surface area contributed by atoms with Crippen LogP contribution in [0, 0.1) is 5.41 Å². The van der Waals surface area contributed by atoms with Gasteiger partial charge in [-0.2, -0.15) is 0 Å². The van der Waals surface area contributed by atoms with Crippen molar-refractivity contribution in [3.05, 3.63) is 35.4 Å². The Kier molecular flexibility index (Phi) is 3.34. The molecule has 0 radical (unpaired) electrons. The molecule has 1 atom stereocenters. The molecule has 16 heavy (non-hydrogen) atoms. The molecule has 1 aliphatic rings. The van der Waals surface area contributed by atoms with E-state index in [2.05, 4.69) is 50.4 Å². The van der Waals surface area contributed by atoms with Crippen LogP contribution in [0.4, 0.5) is 0 Å². The summed E-state index contributed by atoms with van der Waals surface area (Å²) in [6.45, 7) is 8.09. The molecule has 0 aromatic heterocycles. The van der Waals surface area contributed by atoms with Crippen LogP contribution in [0.2, 0.25) is 0 Å². The van der Waals surface area contributed by atoms with E-state index in [1.807, 2.05) is 0 Å². The molecule has 0 spiro atoms. The normalized spacial score (nSPS) is 20.6. The van der Waals surface area contributed by atoms with Crippen molar-refractivity contribution < 1.29 is 0 Å². The van der Waals surface area contributed by atoms with Crippen LogP contribution in [0.1, 0.15) is 50.8 Å². The summed E-state index contributed by atoms with van der Waals surface area (Å²) in [7, 11) is 0. The van der Waals surface area contributed by atoms with Crippen LogP contribution in [-0.2, 0) is 6.42 Å². The lowest BCUT2D eigenvalue weighted by Gasteiger charge is -2.29. The predicted molar refractivity (Wildman–Crippen MR) is 69.6 cm³/mol. The van der Waals surface area contributed by atoms with Crippen LogP contribution in [0.15, 0.2) is 24.3 Å². The molecular formula is C15H23N. The molecule has 1 heteroatoms. The summed E-state index contributed by atoms with van der Waals surface area (Å²) in [4.78, 5) is 0. The molecule has 2 rings (SSSR count). The summed E-state index contributed by atoms with van der Waals surface area (Å²) in [6.07, 6.45) is 3.71. The van der Waals surface area contributed by atoms with Crippen LogP contribution >= 0.6 is 0 Å². The Hall–Kier alpha value is -0.820. The van der Waals surface area contributed by atoms with Gasteiger partial charge in [-0.3, -0.25) is 0 Å². The van der Waals surface area contributed by atoms with E-state index in [9.17, 15) is 0 Å². The second kappa shape index (κ2) is 4.58. The maximum absolute atomic E-state index is 3.65. The van der Waals surface area contributed by atoms with E-state index < -0.39 is 0 Å². The third kappa shape index (κ3) is 2.85. The highest BCUT2D eigenvalue weighted by Gasteiger charge is 2.21. The average Bonchev–Trinajstić information content (AvgIpc) is 2.25. The van der Waals surface area contributed by atoms with Crippen molar-refractivity contribution in [1.29, 1.82) is 0 Å². The molecule has 1 nitrogen and oxygen atoms in total. The Balaban J connectivity index is 2.07. The number of hydrogen-bond donors (Lipinski definition) is 1. The van der Waals surface area contributed by atoms with Crippen molar-refractivity contribution in [2.24, 2.45) is 5.41 Å². The zero-order valence-electron chi connectivity index (χ0n) is 10.7. The molecule has 0 saturated heterocycles. The maximum Gasteiger partial charge on any atom is 0.0323 e. The topological polar surface area (TPSA) is 12.0 Å². The highest BCUT2D eigenvalue weighted by atomic mass is 14.9. The first kappa shape index (κ1) is 11.7. The average molecular weight is 217 g/mol. The number of hydrogen-bond acceptors (Lipinski definition) is 1. The minimum Gasteiger partial charge on any atom is -0.310 e. The van der Waals surface area contributed by atoms with Crippen LogP contribution in [-0.4, -0.2) is 6.54 Å². The van der Waals surface area contributed by atoms with E-state index in [1.54, 1.807) is 5.56 Å². The van der Waals surface area contributed by atoms with E-state index >= 15 is 0 Å². The first-order chi connectivity index (χ1) is 7.56. The Bertz CT molecular complexity index is 349. The number of nitrogens with one attached hydrogen (secondary N) is 1. The number of fused-ring (bicyclic) bond motifs is 1. The molecule has 0 fully saturated rings. The third-order valence-electron chi connectivity index (χ3n) is 3.40. The summed E-state index contributed by atoms with van der Waals surface area (Å²) < 4.78 is 0. The van der Waals surface area contributed by atoms with E-state index in [1.165, 1.54) is 24.8 Å². The molecule has 1 N–H and O–H groups in total. The molecule has 1 aliphatic heterocycles. The Morgan fingerprint density at radius 1 is 1.25 bits per heavy atom. The zero-order valence-corrected chi connectivity index (χ0v) is 10.7. The third-order valence-corrected chi connectivity index (χ3v) is 3.40. The molecule has 0 aliphatic carbocycles. The molecule has 1 heterocycles. The molecule has 0 saturated carbocycles. The number of benzene rings is 1. The van der Waals surface area contributed by atoms with Crippen molar-refractivity contribution in [3.63, 3.8) is 0 Å². The lowest BCUT2D eigenvalue weighted by Crippen LogP contribution is -2.30. The highest BCUT2D eigenvalue weighted by molar-refractivity contribution is 5.32. The molecular weight excluding hydrogens is 194 g/mol. The fourth-order valence-electron chi connectivity index (χ4n) is 2.43.